The molecule has 3 aliphatic heterocycles. The van der Waals surface area contributed by atoms with Gasteiger partial charge in [-0.1, -0.05) is 11.6 Å². The number of hydrogen-bond acceptors (Lipinski definition) is 8. The first-order valence-electron chi connectivity index (χ1n) is 11.5. The predicted molar refractivity (Wildman–Crippen MR) is 130 cm³/mol. The van der Waals surface area contributed by atoms with Crippen LogP contribution in [0.15, 0.2) is 24.5 Å². The Morgan fingerprint density at radius 2 is 1.91 bits per heavy atom. The molecular formula is C24H22ClN5O4S. The van der Waals surface area contributed by atoms with Crippen molar-refractivity contribution < 1.29 is 19.1 Å². The molecular weight excluding hydrogens is 490 g/mol. The maximum Gasteiger partial charge on any atom is 0.264 e. The third kappa shape index (κ3) is 4.05. The lowest BCUT2D eigenvalue weighted by Crippen LogP contribution is -2.50. The molecule has 0 saturated carbocycles. The van der Waals surface area contributed by atoms with Crippen LogP contribution in [-0.2, 0) is 27.3 Å². The van der Waals surface area contributed by atoms with E-state index < -0.39 is 6.10 Å². The van der Waals surface area contributed by atoms with Gasteiger partial charge in [-0.2, -0.15) is 0 Å². The van der Waals surface area contributed by atoms with Crippen LogP contribution >= 0.6 is 22.9 Å². The molecule has 1 atom stereocenters. The molecule has 3 aromatic rings. The van der Waals surface area contributed by atoms with E-state index in [4.69, 9.17) is 16.3 Å². The van der Waals surface area contributed by atoms with E-state index in [1.807, 2.05) is 17.0 Å². The van der Waals surface area contributed by atoms with Crippen molar-refractivity contribution in [2.75, 3.05) is 26.2 Å². The van der Waals surface area contributed by atoms with Crippen molar-refractivity contribution in [1.29, 1.82) is 0 Å². The number of aromatic nitrogens is 2. The summed E-state index contributed by atoms with van der Waals surface area (Å²) in [5.74, 6) is 0.290. The summed E-state index contributed by atoms with van der Waals surface area (Å²) in [6, 6.07) is 5.52. The van der Waals surface area contributed by atoms with Crippen molar-refractivity contribution in [3.63, 3.8) is 0 Å². The van der Waals surface area contributed by atoms with Crippen molar-refractivity contribution >= 4 is 50.9 Å². The molecule has 1 unspecified atom stereocenters. The first-order valence-corrected chi connectivity index (χ1v) is 12.7. The summed E-state index contributed by atoms with van der Waals surface area (Å²) in [5, 5.41) is 3.79. The fraction of sp³-hybridized carbons (Fsp3) is 0.375. The van der Waals surface area contributed by atoms with Gasteiger partial charge in [0.15, 0.2) is 6.10 Å². The number of rotatable bonds is 4. The summed E-state index contributed by atoms with van der Waals surface area (Å²) in [7, 11) is 0. The Hall–Kier alpha value is -3.08. The number of piperazine rings is 1. The van der Waals surface area contributed by atoms with E-state index in [1.54, 1.807) is 6.07 Å². The second kappa shape index (κ2) is 8.85. The molecule has 1 aromatic carbocycles. The van der Waals surface area contributed by atoms with E-state index in [0.29, 0.717) is 47.1 Å². The van der Waals surface area contributed by atoms with Gasteiger partial charge in [0.2, 0.25) is 11.8 Å². The second-order valence-electron chi connectivity index (χ2n) is 8.85. The van der Waals surface area contributed by atoms with Gasteiger partial charge in [-0.05, 0) is 18.2 Å². The van der Waals surface area contributed by atoms with Gasteiger partial charge in [-0.15, -0.1) is 11.3 Å². The highest BCUT2D eigenvalue weighted by Gasteiger charge is 2.35. The third-order valence-electron chi connectivity index (χ3n) is 6.59. The van der Waals surface area contributed by atoms with Gasteiger partial charge in [-0.3, -0.25) is 19.3 Å². The molecule has 2 saturated heterocycles. The first kappa shape index (κ1) is 22.4. The Morgan fingerprint density at radius 3 is 2.69 bits per heavy atom. The molecule has 6 rings (SSSR count). The first-order chi connectivity index (χ1) is 17.0. The van der Waals surface area contributed by atoms with Crippen molar-refractivity contribution in [2.24, 2.45) is 0 Å². The second-order valence-corrected chi connectivity index (χ2v) is 10.4. The summed E-state index contributed by atoms with van der Waals surface area (Å²) < 4.78 is 7.04. The number of carbonyl (C=O) groups excluding carboxylic acids is 3. The number of nitrogens with one attached hydrogen (secondary N) is 1. The lowest BCUT2D eigenvalue weighted by molar-refractivity contribution is -0.139. The van der Waals surface area contributed by atoms with Crippen LogP contribution in [0.2, 0.25) is 5.02 Å². The largest absolute Gasteiger partial charge is 0.479 e. The summed E-state index contributed by atoms with van der Waals surface area (Å²) >= 11 is 7.91. The number of ether oxygens (including phenoxy) is 1. The Kier molecular flexibility index (Phi) is 5.66. The van der Waals surface area contributed by atoms with Crippen LogP contribution in [0.25, 0.3) is 21.5 Å². The number of hydrogen-bond donors (Lipinski definition) is 1. The molecule has 2 aromatic heterocycles. The number of imide groups is 1. The highest BCUT2D eigenvalue weighted by Crippen LogP contribution is 2.44. The minimum Gasteiger partial charge on any atom is -0.479 e. The molecule has 0 radical (unpaired) electrons. The number of benzene rings is 1. The summed E-state index contributed by atoms with van der Waals surface area (Å²) in [6.07, 6.45) is 1.85. The van der Waals surface area contributed by atoms with Gasteiger partial charge >= 0.3 is 0 Å². The zero-order chi connectivity index (χ0) is 24.1. The van der Waals surface area contributed by atoms with Crippen LogP contribution in [0.1, 0.15) is 23.3 Å². The smallest absolute Gasteiger partial charge is 0.264 e. The molecule has 35 heavy (non-hydrogen) atoms. The summed E-state index contributed by atoms with van der Waals surface area (Å²) in [4.78, 5) is 50.1. The van der Waals surface area contributed by atoms with E-state index in [2.05, 4.69) is 15.3 Å². The van der Waals surface area contributed by atoms with Gasteiger partial charge in [0.05, 0.1) is 22.5 Å². The Bertz CT molecular complexity index is 1350. The van der Waals surface area contributed by atoms with Crippen LogP contribution in [0.5, 0.6) is 5.75 Å². The standard InChI is InChI=1S/C24H22ClN5O4S/c25-14-7-13-8-18(24(33)29-5-3-26-4-6-29)34-22(13)16(9-14)21-23-17(27-12-28-21)10-15(35-23)11-30-19(31)1-2-20(30)32/h7,9-10,12,18,26H,1-6,8,11H2. The van der Waals surface area contributed by atoms with E-state index in [-0.39, 0.29) is 37.1 Å². The van der Waals surface area contributed by atoms with Crippen LogP contribution in [0, 0.1) is 0 Å². The van der Waals surface area contributed by atoms with Gasteiger partial charge in [0.1, 0.15) is 12.1 Å². The molecule has 1 N–H and O–H groups in total. The lowest BCUT2D eigenvalue weighted by atomic mass is 10.0. The number of nitrogens with zero attached hydrogens (tertiary/aromatic N) is 4. The minimum absolute atomic E-state index is 0.0176. The van der Waals surface area contributed by atoms with Crippen LogP contribution in [-0.4, -0.2) is 69.8 Å². The number of likely N-dealkylation sites (tertiary alicyclic amines) is 1. The highest BCUT2D eigenvalue weighted by atomic mass is 35.5. The third-order valence-corrected chi connectivity index (χ3v) is 7.92. The number of halogens is 1. The molecule has 9 nitrogen and oxygen atoms in total. The molecule has 180 valence electrons. The van der Waals surface area contributed by atoms with Gasteiger partial charge < -0.3 is 15.0 Å². The molecule has 0 spiro atoms. The van der Waals surface area contributed by atoms with Crippen LogP contribution in [0.3, 0.4) is 0 Å². The number of amides is 3. The number of carbonyl (C=O) groups is 3. The van der Waals surface area contributed by atoms with Gasteiger partial charge in [0, 0.05) is 66.5 Å². The van der Waals surface area contributed by atoms with Crippen molar-refractivity contribution in [3.05, 3.63) is 40.0 Å². The van der Waals surface area contributed by atoms with Crippen molar-refractivity contribution in [3.8, 4) is 17.0 Å². The SMILES string of the molecule is O=C(C1Cc2cc(Cl)cc(-c3ncnc4cc(CN5C(=O)CCC5=O)sc34)c2O1)N1CCNCC1. The lowest BCUT2D eigenvalue weighted by Gasteiger charge is -2.29. The monoisotopic (exact) mass is 511 g/mol. The molecule has 0 bridgehead atoms. The van der Waals surface area contributed by atoms with E-state index in [9.17, 15) is 14.4 Å². The van der Waals surface area contributed by atoms with Gasteiger partial charge in [0.25, 0.3) is 5.91 Å². The Morgan fingerprint density at radius 1 is 1.14 bits per heavy atom. The van der Waals surface area contributed by atoms with Gasteiger partial charge in [-0.25, -0.2) is 9.97 Å². The average Bonchev–Trinajstić information content (AvgIpc) is 3.56. The normalized spacial score (nSPS) is 20.0. The molecule has 0 aliphatic carbocycles. The Labute approximate surface area is 210 Å². The van der Waals surface area contributed by atoms with Crippen LogP contribution < -0.4 is 10.1 Å². The highest BCUT2D eigenvalue weighted by molar-refractivity contribution is 7.19. The molecule has 3 amide bonds. The average molecular weight is 512 g/mol. The maximum absolute atomic E-state index is 13.1. The molecule has 2 fully saturated rings. The Balaban J connectivity index is 1.34. The van der Waals surface area contributed by atoms with Crippen molar-refractivity contribution in [1.82, 2.24) is 25.1 Å². The fourth-order valence-corrected chi connectivity index (χ4v) is 6.20. The molecule has 11 heteroatoms. The maximum atomic E-state index is 13.1. The zero-order valence-electron chi connectivity index (χ0n) is 18.8. The minimum atomic E-state index is -0.594. The quantitative estimate of drug-likeness (QED) is 0.536. The fourth-order valence-electron chi connectivity index (χ4n) is 4.86. The van der Waals surface area contributed by atoms with E-state index in [1.165, 1.54) is 22.6 Å². The number of thiophene rings is 1. The summed E-state index contributed by atoms with van der Waals surface area (Å²) in [5.41, 5.74) is 2.95. The van der Waals surface area contributed by atoms with Crippen LogP contribution in [0.4, 0.5) is 0 Å². The number of fused-ring (bicyclic) bond motifs is 2. The van der Waals surface area contributed by atoms with Crippen molar-refractivity contribution in [2.45, 2.75) is 31.9 Å². The van der Waals surface area contributed by atoms with E-state index >= 15 is 0 Å². The molecule has 5 heterocycles. The zero-order valence-corrected chi connectivity index (χ0v) is 20.3. The predicted octanol–water partition coefficient (Wildman–Crippen LogP) is 2.40. The van der Waals surface area contributed by atoms with E-state index in [0.717, 1.165) is 28.2 Å². The molecule has 3 aliphatic rings. The summed E-state index contributed by atoms with van der Waals surface area (Å²) in [6.45, 7) is 3.10. The topological polar surface area (TPSA) is 105 Å².